The van der Waals surface area contributed by atoms with Gasteiger partial charge in [-0.15, -0.1) is 0 Å². The quantitative estimate of drug-likeness (QED) is 0.477. The topological polar surface area (TPSA) is 54.4 Å². The average molecular weight is 427 g/mol. The lowest BCUT2D eigenvalue weighted by atomic mass is 9.35. The SMILES string of the molecule is CC1CCC2(C(=O)O)CCC3(C)C(=CCC4C5(C)CCC(=O)C(C)C5CCC43C)C2C1. The smallest absolute Gasteiger partial charge is 0.310 e. The van der Waals surface area contributed by atoms with Crippen LogP contribution in [0.3, 0.4) is 0 Å². The Labute approximate surface area is 188 Å². The molecule has 0 aliphatic heterocycles. The van der Waals surface area contributed by atoms with Crippen LogP contribution >= 0.6 is 0 Å². The summed E-state index contributed by atoms with van der Waals surface area (Å²) in [6, 6.07) is 0. The van der Waals surface area contributed by atoms with Gasteiger partial charge in [-0.25, -0.2) is 0 Å². The molecule has 1 N–H and O–H groups in total. The number of carbonyl (C=O) groups is 2. The van der Waals surface area contributed by atoms with Crippen LogP contribution in [-0.4, -0.2) is 16.9 Å². The molecule has 5 aliphatic rings. The standard InChI is InChI=1S/C28H42O3/c1-17-8-13-28(24(30)31)15-14-26(4)20(21(28)16-17)6-7-23-25(3)11-10-22(29)18(2)19(25)9-12-27(23,26)5/h6,17-19,21,23H,7-16H2,1-5H3,(H,30,31). The van der Waals surface area contributed by atoms with E-state index in [2.05, 4.69) is 40.7 Å². The molecule has 0 heterocycles. The second kappa shape index (κ2) is 6.70. The van der Waals surface area contributed by atoms with E-state index in [0.717, 1.165) is 57.8 Å². The fourth-order valence-electron chi connectivity index (χ4n) is 9.90. The van der Waals surface area contributed by atoms with Gasteiger partial charge in [0.1, 0.15) is 5.78 Å². The molecule has 3 nitrogen and oxygen atoms in total. The van der Waals surface area contributed by atoms with E-state index in [1.54, 1.807) is 0 Å². The van der Waals surface area contributed by atoms with Crippen LogP contribution in [0.15, 0.2) is 11.6 Å². The summed E-state index contributed by atoms with van der Waals surface area (Å²) in [7, 11) is 0. The van der Waals surface area contributed by atoms with Gasteiger partial charge < -0.3 is 5.11 Å². The lowest BCUT2D eigenvalue weighted by Gasteiger charge is -2.69. The predicted molar refractivity (Wildman–Crippen MR) is 122 cm³/mol. The molecule has 0 spiro atoms. The highest BCUT2D eigenvalue weighted by Gasteiger charge is 2.67. The van der Waals surface area contributed by atoms with Gasteiger partial charge in [-0.2, -0.15) is 0 Å². The molecule has 3 heteroatoms. The molecule has 5 aliphatic carbocycles. The van der Waals surface area contributed by atoms with Gasteiger partial charge in [0.2, 0.25) is 0 Å². The Morgan fingerprint density at radius 1 is 1.03 bits per heavy atom. The summed E-state index contributed by atoms with van der Waals surface area (Å²) in [6.07, 6.45) is 12.5. The number of carboxylic acid groups (broad SMARTS) is 1. The van der Waals surface area contributed by atoms with Crippen molar-refractivity contribution in [1.82, 2.24) is 0 Å². The Kier molecular flexibility index (Phi) is 4.69. The second-order valence-electron chi connectivity index (χ2n) is 13.0. The number of aliphatic carboxylic acids is 1. The van der Waals surface area contributed by atoms with Gasteiger partial charge in [0.05, 0.1) is 5.41 Å². The maximum Gasteiger partial charge on any atom is 0.310 e. The van der Waals surface area contributed by atoms with Crippen LogP contribution in [-0.2, 0) is 9.59 Å². The highest BCUT2D eigenvalue weighted by Crippen LogP contribution is 2.74. The third-order valence-electron chi connectivity index (χ3n) is 12.1. The fourth-order valence-corrected chi connectivity index (χ4v) is 9.90. The van der Waals surface area contributed by atoms with Crippen molar-refractivity contribution in [3.63, 3.8) is 0 Å². The molecule has 0 bridgehead atoms. The molecule has 4 fully saturated rings. The van der Waals surface area contributed by atoms with Gasteiger partial charge in [-0.3, -0.25) is 9.59 Å². The number of ketones is 1. The van der Waals surface area contributed by atoms with Crippen LogP contribution in [0.5, 0.6) is 0 Å². The minimum Gasteiger partial charge on any atom is -0.481 e. The molecule has 0 aromatic rings. The fraction of sp³-hybridized carbons (Fsp3) is 0.857. The Morgan fingerprint density at radius 3 is 2.48 bits per heavy atom. The number of hydrogen-bond donors (Lipinski definition) is 1. The number of fused-ring (bicyclic) bond motifs is 7. The largest absolute Gasteiger partial charge is 0.481 e. The first-order valence-electron chi connectivity index (χ1n) is 13.0. The summed E-state index contributed by atoms with van der Waals surface area (Å²) in [5, 5.41) is 10.4. The molecule has 0 aromatic heterocycles. The van der Waals surface area contributed by atoms with Crippen molar-refractivity contribution in [2.24, 2.45) is 51.2 Å². The Bertz CT molecular complexity index is 843. The van der Waals surface area contributed by atoms with Crippen molar-refractivity contribution >= 4 is 11.8 Å². The van der Waals surface area contributed by atoms with Crippen molar-refractivity contribution in [1.29, 1.82) is 0 Å². The predicted octanol–water partition coefficient (Wildman–Crippen LogP) is 6.66. The molecule has 31 heavy (non-hydrogen) atoms. The van der Waals surface area contributed by atoms with Crippen LogP contribution in [0.4, 0.5) is 0 Å². The van der Waals surface area contributed by atoms with Crippen LogP contribution in [0.25, 0.3) is 0 Å². The number of allylic oxidation sites excluding steroid dienone is 2. The van der Waals surface area contributed by atoms with E-state index in [1.165, 1.54) is 12.0 Å². The molecule has 5 rings (SSSR count). The van der Waals surface area contributed by atoms with Crippen molar-refractivity contribution in [3.05, 3.63) is 11.6 Å². The zero-order valence-corrected chi connectivity index (χ0v) is 20.3. The third kappa shape index (κ3) is 2.58. The summed E-state index contributed by atoms with van der Waals surface area (Å²) in [5.41, 5.74) is 1.50. The zero-order valence-electron chi connectivity index (χ0n) is 20.3. The third-order valence-corrected chi connectivity index (χ3v) is 12.1. The number of carbonyl (C=O) groups excluding carboxylic acids is 1. The summed E-state index contributed by atoms with van der Waals surface area (Å²) in [4.78, 5) is 25.1. The monoisotopic (exact) mass is 426 g/mol. The first-order chi connectivity index (χ1) is 14.5. The molecular formula is C28H42O3. The minimum atomic E-state index is -0.546. The first-order valence-corrected chi connectivity index (χ1v) is 13.0. The highest BCUT2D eigenvalue weighted by molar-refractivity contribution is 5.82. The van der Waals surface area contributed by atoms with Crippen molar-refractivity contribution in [2.45, 2.75) is 98.8 Å². The summed E-state index contributed by atoms with van der Waals surface area (Å²) in [5.74, 6) is 2.07. The number of rotatable bonds is 1. The molecule has 4 saturated carbocycles. The van der Waals surface area contributed by atoms with Gasteiger partial charge >= 0.3 is 5.97 Å². The number of carboxylic acids is 1. The number of hydrogen-bond acceptors (Lipinski definition) is 2. The zero-order chi connectivity index (χ0) is 22.4. The molecular weight excluding hydrogens is 384 g/mol. The molecule has 0 aromatic carbocycles. The van der Waals surface area contributed by atoms with E-state index in [1.807, 2.05) is 0 Å². The van der Waals surface area contributed by atoms with Crippen molar-refractivity contribution in [2.75, 3.05) is 0 Å². The highest BCUT2D eigenvalue weighted by atomic mass is 16.4. The summed E-state index contributed by atoms with van der Waals surface area (Å²) in [6.45, 7) is 12.0. The van der Waals surface area contributed by atoms with Crippen LogP contribution in [0.1, 0.15) is 98.8 Å². The van der Waals surface area contributed by atoms with E-state index in [9.17, 15) is 14.7 Å². The van der Waals surface area contributed by atoms with Gasteiger partial charge in [-0.1, -0.05) is 46.3 Å². The van der Waals surface area contributed by atoms with Crippen LogP contribution in [0.2, 0.25) is 0 Å². The first kappa shape index (κ1) is 21.7. The van der Waals surface area contributed by atoms with E-state index >= 15 is 0 Å². The molecule has 0 radical (unpaired) electrons. The Morgan fingerprint density at radius 2 is 1.77 bits per heavy atom. The average Bonchev–Trinajstić information content (AvgIpc) is 2.71. The Balaban J connectivity index is 1.59. The summed E-state index contributed by atoms with van der Waals surface area (Å²) >= 11 is 0. The van der Waals surface area contributed by atoms with E-state index in [0.29, 0.717) is 23.5 Å². The van der Waals surface area contributed by atoms with Gasteiger partial charge in [-0.05, 0) is 97.7 Å². The molecule has 9 unspecified atom stereocenters. The molecule has 9 atom stereocenters. The minimum absolute atomic E-state index is 0.0925. The lowest BCUT2D eigenvalue weighted by molar-refractivity contribution is -0.178. The summed E-state index contributed by atoms with van der Waals surface area (Å²) < 4.78 is 0. The maximum absolute atomic E-state index is 12.6. The molecule has 0 amide bonds. The van der Waals surface area contributed by atoms with Gasteiger partial charge in [0.25, 0.3) is 0 Å². The molecule has 172 valence electrons. The molecule has 0 saturated heterocycles. The van der Waals surface area contributed by atoms with E-state index in [-0.39, 0.29) is 28.1 Å². The van der Waals surface area contributed by atoms with Crippen molar-refractivity contribution < 1.29 is 14.7 Å². The maximum atomic E-state index is 12.6. The Hall–Kier alpha value is -1.12. The lowest BCUT2D eigenvalue weighted by Crippen LogP contribution is -2.63. The van der Waals surface area contributed by atoms with Crippen molar-refractivity contribution in [3.8, 4) is 0 Å². The van der Waals surface area contributed by atoms with Crippen LogP contribution < -0.4 is 0 Å². The van der Waals surface area contributed by atoms with Gasteiger partial charge in [0, 0.05) is 12.3 Å². The number of Topliss-reactive ketones (excluding diaryl/α,β-unsaturated/α-hetero) is 1. The van der Waals surface area contributed by atoms with E-state index in [4.69, 9.17) is 0 Å². The van der Waals surface area contributed by atoms with Crippen LogP contribution in [0, 0.1) is 51.2 Å². The second-order valence-corrected chi connectivity index (χ2v) is 13.0. The van der Waals surface area contributed by atoms with Gasteiger partial charge in [0.15, 0.2) is 0 Å². The normalized spacial score (nSPS) is 54.0. The van der Waals surface area contributed by atoms with E-state index < -0.39 is 11.4 Å².